The minimum Gasteiger partial charge on any atom is -0.376 e. The molecule has 4 heteroatoms. The maximum Gasteiger partial charge on any atom is 0.142 e. The topological polar surface area (TPSA) is 44.8 Å². The minimum absolute atomic E-state index is 0.0494. The first-order chi connectivity index (χ1) is 7.23. The van der Waals surface area contributed by atoms with Gasteiger partial charge in [0.25, 0.3) is 0 Å². The number of fused-ring (bicyclic) bond motifs is 1. The van der Waals surface area contributed by atoms with E-state index in [-0.39, 0.29) is 17.8 Å². The van der Waals surface area contributed by atoms with E-state index >= 15 is 0 Å². The van der Waals surface area contributed by atoms with E-state index in [0.29, 0.717) is 26.2 Å². The van der Waals surface area contributed by atoms with Gasteiger partial charge in [0, 0.05) is 0 Å². The Kier molecular flexibility index (Phi) is 3.19. The minimum atomic E-state index is -0.325. The fourth-order valence-electron chi connectivity index (χ4n) is 1.94. The van der Waals surface area contributed by atoms with Gasteiger partial charge in [-0.2, -0.15) is 0 Å². The van der Waals surface area contributed by atoms with Crippen LogP contribution >= 0.6 is 0 Å². The highest BCUT2D eigenvalue weighted by molar-refractivity contribution is 5.64. The largest absolute Gasteiger partial charge is 0.376 e. The lowest BCUT2D eigenvalue weighted by Gasteiger charge is -2.39. The molecule has 2 rings (SSSR count). The van der Waals surface area contributed by atoms with Gasteiger partial charge in [0.2, 0.25) is 0 Å². The normalized spacial score (nSPS) is 40.6. The molecule has 4 nitrogen and oxygen atoms in total. The summed E-state index contributed by atoms with van der Waals surface area (Å²) in [5, 5.41) is 0. The third-order valence-electron chi connectivity index (χ3n) is 2.78. The molecule has 0 aromatic heterocycles. The lowest BCUT2D eigenvalue weighted by Crippen LogP contribution is -2.49. The van der Waals surface area contributed by atoms with E-state index in [2.05, 4.69) is 0 Å². The Hall–Kier alpha value is -0.710. The molecule has 0 unspecified atom stereocenters. The molecule has 0 saturated carbocycles. The molecule has 2 aliphatic heterocycles. The molecule has 0 N–H and O–H groups in total. The number of rotatable bonds is 3. The van der Waals surface area contributed by atoms with Crippen LogP contribution in [0.3, 0.4) is 0 Å². The summed E-state index contributed by atoms with van der Waals surface area (Å²) in [4.78, 5) is 10.2. The highest BCUT2D eigenvalue weighted by Crippen LogP contribution is 2.29. The summed E-state index contributed by atoms with van der Waals surface area (Å²) >= 11 is 0. The molecule has 0 aliphatic carbocycles. The lowest BCUT2D eigenvalue weighted by atomic mass is 10.0. The van der Waals surface area contributed by atoms with Crippen molar-refractivity contribution in [3.8, 4) is 0 Å². The van der Waals surface area contributed by atoms with Crippen molar-refractivity contribution in [2.75, 3.05) is 19.8 Å². The summed E-state index contributed by atoms with van der Waals surface area (Å²) in [6.45, 7) is 3.79. The summed E-state index contributed by atoms with van der Waals surface area (Å²) in [6, 6.07) is 0. The van der Waals surface area contributed by atoms with Gasteiger partial charge in [-0.25, -0.2) is 0 Å². The average Bonchev–Trinajstić information content (AvgIpc) is 2.64. The van der Waals surface area contributed by atoms with Crippen molar-refractivity contribution in [2.45, 2.75) is 31.2 Å². The second kappa shape index (κ2) is 4.43. The van der Waals surface area contributed by atoms with Crippen LogP contribution in [0.15, 0.2) is 12.2 Å². The van der Waals surface area contributed by atoms with E-state index in [1.54, 1.807) is 0 Å². The van der Waals surface area contributed by atoms with Crippen LogP contribution < -0.4 is 0 Å². The monoisotopic (exact) mass is 212 g/mol. The third-order valence-corrected chi connectivity index (χ3v) is 2.78. The maximum absolute atomic E-state index is 10.2. The third kappa shape index (κ3) is 2.45. The van der Waals surface area contributed by atoms with Crippen LogP contribution in [0, 0.1) is 0 Å². The predicted molar refractivity (Wildman–Crippen MR) is 53.7 cm³/mol. The second-order valence-corrected chi connectivity index (χ2v) is 4.26. The van der Waals surface area contributed by atoms with Crippen molar-refractivity contribution >= 4 is 6.29 Å². The van der Waals surface area contributed by atoms with Crippen molar-refractivity contribution in [1.82, 2.24) is 0 Å². The fraction of sp³-hybridized carbons (Fsp3) is 0.727. The summed E-state index contributed by atoms with van der Waals surface area (Å²) in [5.41, 5.74) is -0.325. The molecule has 0 radical (unpaired) electrons. The van der Waals surface area contributed by atoms with Gasteiger partial charge in [0.05, 0.1) is 25.4 Å². The number of aldehydes is 1. The van der Waals surface area contributed by atoms with Crippen LogP contribution in [0.2, 0.25) is 0 Å². The number of hydrogen-bond donors (Lipinski definition) is 0. The van der Waals surface area contributed by atoms with Gasteiger partial charge in [-0.1, -0.05) is 6.08 Å². The Balaban J connectivity index is 1.92. The zero-order valence-corrected chi connectivity index (χ0v) is 8.85. The molecule has 2 aliphatic rings. The highest BCUT2D eigenvalue weighted by Gasteiger charge is 2.41. The summed E-state index contributed by atoms with van der Waals surface area (Å²) in [7, 11) is 0. The van der Waals surface area contributed by atoms with Gasteiger partial charge >= 0.3 is 0 Å². The van der Waals surface area contributed by atoms with Crippen LogP contribution in [0.4, 0.5) is 0 Å². The molecule has 15 heavy (non-hydrogen) atoms. The van der Waals surface area contributed by atoms with Gasteiger partial charge in [0.1, 0.15) is 18.5 Å². The Bertz CT molecular complexity index is 263. The number of carbonyl (C=O) groups is 1. The van der Waals surface area contributed by atoms with Gasteiger partial charge in [0.15, 0.2) is 0 Å². The fourth-order valence-corrected chi connectivity index (χ4v) is 1.94. The molecule has 0 spiro atoms. The van der Waals surface area contributed by atoms with Crippen LogP contribution in [-0.4, -0.2) is 43.9 Å². The summed E-state index contributed by atoms with van der Waals surface area (Å²) in [6.07, 6.45) is 4.91. The molecule has 0 aromatic carbocycles. The van der Waals surface area contributed by atoms with Crippen molar-refractivity contribution < 1.29 is 19.0 Å². The quantitative estimate of drug-likeness (QED) is 0.510. The van der Waals surface area contributed by atoms with E-state index in [1.807, 2.05) is 13.0 Å². The Morgan fingerprint density at radius 3 is 3.00 bits per heavy atom. The van der Waals surface area contributed by atoms with E-state index < -0.39 is 0 Å². The van der Waals surface area contributed by atoms with Gasteiger partial charge in [-0.05, 0) is 19.4 Å². The first kappa shape index (κ1) is 10.8. The van der Waals surface area contributed by atoms with Crippen LogP contribution in [-0.2, 0) is 19.0 Å². The second-order valence-electron chi connectivity index (χ2n) is 4.26. The average molecular weight is 212 g/mol. The Labute approximate surface area is 89.2 Å². The summed E-state index contributed by atoms with van der Waals surface area (Å²) < 4.78 is 16.9. The molecule has 0 amide bonds. The molecule has 0 bridgehead atoms. The smallest absolute Gasteiger partial charge is 0.142 e. The van der Waals surface area contributed by atoms with E-state index in [0.717, 1.165) is 6.29 Å². The molecule has 2 heterocycles. The number of carbonyl (C=O) groups excluding carboxylic acids is 1. The first-order valence-electron chi connectivity index (χ1n) is 5.21. The van der Waals surface area contributed by atoms with E-state index in [4.69, 9.17) is 14.2 Å². The van der Waals surface area contributed by atoms with Crippen LogP contribution in [0.1, 0.15) is 13.3 Å². The SMILES string of the molecule is C[C@]1(C/C=C/C=O)CO[C@H]2COC[C@H]2O1. The van der Waals surface area contributed by atoms with Gasteiger partial charge in [-0.15, -0.1) is 0 Å². The number of hydrogen-bond acceptors (Lipinski definition) is 4. The van der Waals surface area contributed by atoms with Gasteiger partial charge < -0.3 is 14.2 Å². The number of ether oxygens (including phenoxy) is 3. The Morgan fingerprint density at radius 2 is 2.20 bits per heavy atom. The standard InChI is InChI=1S/C11H16O4/c1-11(4-2-3-5-12)8-14-9-6-13-7-10(9)15-11/h2-3,5,9-10H,4,6-8H2,1H3/b3-2+/t9-,10+,11-/m0/s1. The molecule has 3 atom stereocenters. The molecule has 84 valence electrons. The van der Waals surface area contributed by atoms with E-state index in [1.165, 1.54) is 6.08 Å². The van der Waals surface area contributed by atoms with Gasteiger partial charge in [-0.3, -0.25) is 4.79 Å². The van der Waals surface area contributed by atoms with Crippen molar-refractivity contribution in [2.24, 2.45) is 0 Å². The van der Waals surface area contributed by atoms with Crippen molar-refractivity contribution in [1.29, 1.82) is 0 Å². The maximum atomic E-state index is 10.2. The lowest BCUT2D eigenvalue weighted by molar-refractivity contribution is -0.207. The highest BCUT2D eigenvalue weighted by atomic mass is 16.6. The number of allylic oxidation sites excluding steroid dienone is 1. The summed E-state index contributed by atoms with van der Waals surface area (Å²) in [5.74, 6) is 0. The zero-order valence-electron chi connectivity index (χ0n) is 8.85. The first-order valence-corrected chi connectivity index (χ1v) is 5.21. The van der Waals surface area contributed by atoms with E-state index in [9.17, 15) is 4.79 Å². The predicted octanol–water partition coefficient (Wildman–Crippen LogP) is 0.704. The van der Waals surface area contributed by atoms with Crippen molar-refractivity contribution in [3.05, 3.63) is 12.2 Å². The molecular formula is C11H16O4. The molecular weight excluding hydrogens is 196 g/mol. The van der Waals surface area contributed by atoms with Crippen LogP contribution in [0.25, 0.3) is 0 Å². The zero-order chi connectivity index (χ0) is 10.7. The van der Waals surface area contributed by atoms with Crippen LogP contribution in [0.5, 0.6) is 0 Å². The molecule has 0 aromatic rings. The molecule has 2 fully saturated rings. The Morgan fingerprint density at radius 1 is 1.40 bits per heavy atom. The molecule has 2 saturated heterocycles. The van der Waals surface area contributed by atoms with Crippen molar-refractivity contribution in [3.63, 3.8) is 0 Å².